The van der Waals surface area contributed by atoms with Gasteiger partial charge >= 0.3 is 0 Å². The van der Waals surface area contributed by atoms with Crippen molar-refractivity contribution in [3.05, 3.63) is 53.3 Å². The Kier molecular flexibility index (Phi) is 4.45. The fourth-order valence-corrected chi connectivity index (χ4v) is 4.80. The summed E-state index contributed by atoms with van der Waals surface area (Å²) in [4.78, 5) is 14.3. The number of carbonyl (C=O) groups excluding carboxylic acids is 1. The van der Waals surface area contributed by atoms with E-state index in [1.54, 1.807) is 22.8 Å². The number of carbonyl (C=O) groups is 1. The molecule has 0 radical (unpaired) electrons. The quantitative estimate of drug-likeness (QED) is 0.846. The van der Waals surface area contributed by atoms with Gasteiger partial charge in [0.15, 0.2) is 9.84 Å². The van der Waals surface area contributed by atoms with Crippen molar-refractivity contribution in [2.24, 2.45) is 0 Å². The van der Waals surface area contributed by atoms with Crippen molar-refractivity contribution in [3.63, 3.8) is 0 Å². The van der Waals surface area contributed by atoms with E-state index >= 15 is 0 Å². The molecule has 0 spiro atoms. The minimum atomic E-state index is -2.98. The zero-order valence-corrected chi connectivity index (χ0v) is 14.7. The van der Waals surface area contributed by atoms with Crippen molar-refractivity contribution in [2.45, 2.75) is 25.9 Å². The Hall–Kier alpha value is -2.15. The number of rotatable bonds is 4. The summed E-state index contributed by atoms with van der Waals surface area (Å²) in [5.41, 5.74) is 2.31. The second kappa shape index (κ2) is 6.39. The molecule has 1 amide bonds. The molecule has 1 aliphatic rings. The first-order chi connectivity index (χ1) is 11.4. The molecular weight excluding hydrogens is 326 g/mol. The van der Waals surface area contributed by atoms with E-state index in [1.165, 1.54) is 0 Å². The number of nitrogens with zero attached hydrogens (tertiary/aromatic N) is 3. The highest BCUT2D eigenvalue weighted by molar-refractivity contribution is 7.91. The lowest BCUT2D eigenvalue weighted by atomic mass is 10.2. The molecule has 2 heterocycles. The first kappa shape index (κ1) is 16.7. The second-order valence-electron chi connectivity index (χ2n) is 6.29. The number of benzene rings is 1. The Morgan fingerprint density at radius 1 is 1.33 bits per heavy atom. The first-order valence-electron chi connectivity index (χ1n) is 7.91. The number of sulfone groups is 1. The van der Waals surface area contributed by atoms with Crippen molar-refractivity contribution in [3.8, 4) is 0 Å². The van der Waals surface area contributed by atoms with E-state index in [9.17, 15) is 13.2 Å². The van der Waals surface area contributed by atoms with Crippen molar-refractivity contribution < 1.29 is 13.2 Å². The van der Waals surface area contributed by atoms with Crippen LogP contribution in [0, 0.1) is 6.92 Å². The molecule has 2 aromatic rings. The van der Waals surface area contributed by atoms with Crippen LogP contribution in [-0.2, 0) is 16.4 Å². The van der Waals surface area contributed by atoms with Gasteiger partial charge in [-0.05, 0) is 18.9 Å². The molecule has 7 heteroatoms. The fraction of sp³-hybridized carbons (Fsp3) is 0.412. The Balaban J connectivity index is 1.76. The van der Waals surface area contributed by atoms with Gasteiger partial charge in [-0.25, -0.2) is 8.42 Å². The van der Waals surface area contributed by atoms with E-state index in [0.29, 0.717) is 18.5 Å². The average molecular weight is 347 g/mol. The highest BCUT2D eigenvalue weighted by Gasteiger charge is 2.31. The number of hydrogen-bond acceptors (Lipinski definition) is 4. The zero-order valence-electron chi connectivity index (χ0n) is 13.8. The summed E-state index contributed by atoms with van der Waals surface area (Å²) in [6.07, 6.45) is 2.10. The first-order valence-corrected chi connectivity index (χ1v) is 9.73. The normalized spacial score (nSPS) is 19.3. The van der Waals surface area contributed by atoms with Crippen LogP contribution in [0.3, 0.4) is 0 Å². The highest BCUT2D eigenvalue weighted by Crippen LogP contribution is 2.25. The van der Waals surface area contributed by atoms with Crippen molar-refractivity contribution in [2.75, 3.05) is 18.6 Å². The molecule has 1 aliphatic heterocycles. The maximum absolute atomic E-state index is 12.7. The lowest BCUT2D eigenvalue weighted by molar-refractivity contribution is 0.0784. The molecule has 0 N–H and O–H groups in total. The van der Waals surface area contributed by atoms with Gasteiger partial charge in [0.2, 0.25) is 0 Å². The van der Waals surface area contributed by atoms with Gasteiger partial charge < -0.3 is 4.90 Å². The molecule has 1 atom stereocenters. The molecule has 128 valence electrons. The van der Waals surface area contributed by atoms with Gasteiger partial charge in [-0.3, -0.25) is 9.48 Å². The zero-order chi connectivity index (χ0) is 17.3. The van der Waals surface area contributed by atoms with Crippen LogP contribution in [0.25, 0.3) is 0 Å². The van der Waals surface area contributed by atoms with E-state index in [2.05, 4.69) is 5.10 Å². The molecule has 0 bridgehead atoms. The van der Waals surface area contributed by atoms with E-state index in [-0.39, 0.29) is 23.5 Å². The van der Waals surface area contributed by atoms with Crippen molar-refractivity contribution in [1.29, 1.82) is 0 Å². The van der Waals surface area contributed by atoms with Crippen LogP contribution in [0.1, 0.15) is 34.1 Å². The van der Waals surface area contributed by atoms with Gasteiger partial charge in [0, 0.05) is 19.3 Å². The summed E-state index contributed by atoms with van der Waals surface area (Å²) < 4.78 is 25.0. The Bertz CT molecular complexity index is 843. The molecule has 1 unspecified atom stereocenters. The standard InChI is InChI=1S/C17H21N3O3S/c1-13-16(10-18-20(13)15-8-9-24(22,23)12-15)17(21)19(2)11-14-6-4-3-5-7-14/h3-7,10,15H,8-9,11-12H2,1-2H3. The summed E-state index contributed by atoms with van der Waals surface area (Å²) >= 11 is 0. The van der Waals surface area contributed by atoms with Gasteiger partial charge in [-0.15, -0.1) is 0 Å². The number of amides is 1. The molecular formula is C17H21N3O3S. The lowest BCUT2D eigenvalue weighted by Gasteiger charge is -2.17. The van der Waals surface area contributed by atoms with Crippen molar-refractivity contribution >= 4 is 15.7 Å². The predicted octanol–water partition coefficient (Wildman–Crippen LogP) is 1.82. The number of hydrogen-bond donors (Lipinski definition) is 0. The Labute approximate surface area is 142 Å². The fourth-order valence-electron chi connectivity index (χ4n) is 3.10. The third kappa shape index (κ3) is 3.36. The minimum Gasteiger partial charge on any atom is -0.337 e. The van der Waals surface area contributed by atoms with Crippen LogP contribution in [0.2, 0.25) is 0 Å². The highest BCUT2D eigenvalue weighted by atomic mass is 32.2. The molecule has 1 saturated heterocycles. The van der Waals surface area contributed by atoms with Crippen LogP contribution in [0.4, 0.5) is 0 Å². The van der Waals surface area contributed by atoms with Gasteiger partial charge in [-0.1, -0.05) is 30.3 Å². The second-order valence-corrected chi connectivity index (χ2v) is 8.52. The van der Waals surface area contributed by atoms with Crippen LogP contribution in [0.5, 0.6) is 0 Å². The van der Waals surface area contributed by atoms with E-state index in [4.69, 9.17) is 0 Å². The van der Waals surface area contributed by atoms with Crippen LogP contribution < -0.4 is 0 Å². The largest absolute Gasteiger partial charge is 0.337 e. The lowest BCUT2D eigenvalue weighted by Crippen LogP contribution is -2.26. The molecule has 1 fully saturated rings. The summed E-state index contributed by atoms with van der Waals surface area (Å²) in [7, 11) is -1.23. The smallest absolute Gasteiger partial charge is 0.257 e. The Morgan fingerprint density at radius 3 is 2.67 bits per heavy atom. The van der Waals surface area contributed by atoms with Gasteiger partial charge in [0.05, 0.1) is 29.3 Å². The number of aromatic nitrogens is 2. The van der Waals surface area contributed by atoms with E-state index in [1.807, 2.05) is 37.3 Å². The predicted molar refractivity (Wildman–Crippen MR) is 91.5 cm³/mol. The summed E-state index contributed by atoms with van der Waals surface area (Å²) in [5.74, 6) is 0.181. The summed E-state index contributed by atoms with van der Waals surface area (Å²) in [6, 6.07) is 9.60. The van der Waals surface area contributed by atoms with Crippen molar-refractivity contribution in [1.82, 2.24) is 14.7 Å². The van der Waals surface area contributed by atoms with Crippen LogP contribution in [-0.4, -0.2) is 47.6 Å². The van der Waals surface area contributed by atoms with Gasteiger partial charge in [0.25, 0.3) is 5.91 Å². The summed E-state index contributed by atoms with van der Waals surface area (Å²) in [5, 5.41) is 4.28. The topological polar surface area (TPSA) is 72.3 Å². The van der Waals surface area contributed by atoms with E-state index in [0.717, 1.165) is 11.3 Å². The molecule has 0 aliphatic carbocycles. The van der Waals surface area contributed by atoms with E-state index < -0.39 is 9.84 Å². The molecule has 1 aromatic carbocycles. The third-order valence-corrected chi connectivity index (χ3v) is 6.19. The molecule has 3 rings (SSSR count). The van der Waals surface area contributed by atoms with Gasteiger partial charge in [-0.2, -0.15) is 5.10 Å². The minimum absolute atomic E-state index is 0.100. The Morgan fingerprint density at radius 2 is 2.04 bits per heavy atom. The molecule has 24 heavy (non-hydrogen) atoms. The third-order valence-electron chi connectivity index (χ3n) is 4.44. The van der Waals surface area contributed by atoms with Crippen LogP contribution in [0.15, 0.2) is 36.5 Å². The average Bonchev–Trinajstić information content (AvgIpc) is 3.09. The molecule has 1 aromatic heterocycles. The van der Waals surface area contributed by atoms with Crippen LogP contribution >= 0.6 is 0 Å². The monoisotopic (exact) mass is 347 g/mol. The molecule has 6 nitrogen and oxygen atoms in total. The maximum atomic E-state index is 12.7. The maximum Gasteiger partial charge on any atom is 0.257 e. The SMILES string of the molecule is Cc1c(C(=O)N(C)Cc2ccccc2)cnn1C1CCS(=O)(=O)C1. The van der Waals surface area contributed by atoms with Gasteiger partial charge in [0.1, 0.15) is 0 Å². The summed E-state index contributed by atoms with van der Waals surface area (Å²) in [6.45, 7) is 2.34. The molecule has 0 saturated carbocycles.